The lowest BCUT2D eigenvalue weighted by Crippen LogP contribution is -2.38. The van der Waals surface area contributed by atoms with Crippen molar-refractivity contribution in [2.24, 2.45) is 0 Å². The Bertz CT molecular complexity index is 440. The number of carboxylic acids is 1. The van der Waals surface area contributed by atoms with Crippen molar-refractivity contribution in [3.8, 4) is 5.75 Å². The number of phenols is 1. The third-order valence-electron chi connectivity index (χ3n) is 2.17. The first-order valence-corrected chi connectivity index (χ1v) is 5.18. The van der Waals surface area contributed by atoms with E-state index in [1.54, 1.807) is 18.4 Å². The number of rotatable bonds is 6. The Hall–Kier alpha value is -2.37. The van der Waals surface area contributed by atoms with Crippen LogP contribution in [-0.4, -0.2) is 34.4 Å². The first-order chi connectivity index (χ1) is 8.51. The summed E-state index contributed by atoms with van der Waals surface area (Å²) in [5, 5.41) is 19.7. The van der Waals surface area contributed by atoms with Gasteiger partial charge in [-0.15, -0.1) is 0 Å². The number of amides is 1. The second kappa shape index (κ2) is 6.39. The summed E-state index contributed by atoms with van der Waals surface area (Å²) < 4.78 is 0. The predicted molar refractivity (Wildman–Crippen MR) is 61.7 cm³/mol. The monoisotopic (exact) mass is 250 g/mol. The highest BCUT2D eigenvalue weighted by Crippen LogP contribution is 2.10. The Balaban J connectivity index is 2.56. The molecular formula is C12H12NO5. The van der Waals surface area contributed by atoms with Gasteiger partial charge >= 0.3 is 5.97 Å². The van der Waals surface area contributed by atoms with Crippen LogP contribution in [0.1, 0.15) is 12.0 Å². The molecule has 0 heterocycles. The normalized spacial score (nSPS) is 11.6. The van der Waals surface area contributed by atoms with Gasteiger partial charge in [0.2, 0.25) is 12.2 Å². The van der Waals surface area contributed by atoms with Gasteiger partial charge in [-0.05, 0) is 17.7 Å². The number of aliphatic carboxylic acids is 1. The molecule has 0 fully saturated rings. The van der Waals surface area contributed by atoms with Crippen molar-refractivity contribution in [2.75, 3.05) is 0 Å². The number of carbonyl (C=O) groups excluding carboxylic acids is 2. The lowest BCUT2D eigenvalue weighted by Gasteiger charge is -2.11. The van der Waals surface area contributed by atoms with Crippen LogP contribution >= 0.6 is 0 Å². The van der Waals surface area contributed by atoms with Gasteiger partial charge in [-0.3, -0.25) is 14.4 Å². The molecule has 0 aliphatic heterocycles. The molecular weight excluding hydrogens is 238 g/mol. The van der Waals surface area contributed by atoms with Gasteiger partial charge in [-0.1, -0.05) is 12.1 Å². The van der Waals surface area contributed by atoms with Gasteiger partial charge in [0.05, 0.1) is 6.04 Å². The minimum atomic E-state index is -1.26. The first-order valence-electron chi connectivity index (χ1n) is 5.18. The van der Waals surface area contributed by atoms with E-state index in [9.17, 15) is 14.4 Å². The fourth-order valence-corrected chi connectivity index (χ4v) is 1.37. The van der Waals surface area contributed by atoms with E-state index < -0.39 is 24.3 Å². The summed E-state index contributed by atoms with van der Waals surface area (Å²) in [6, 6.07) is 5.21. The van der Waals surface area contributed by atoms with Gasteiger partial charge < -0.3 is 15.5 Å². The summed E-state index contributed by atoms with van der Waals surface area (Å²) >= 11 is 0. The van der Waals surface area contributed by atoms with Gasteiger partial charge in [0.15, 0.2) is 0 Å². The standard InChI is InChI=1S/C12H12NO5/c14-7-9(13-11(16)6-12(17)18)5-8-1-3-10(15)4-2-8/h1-4,9,15H,5-6H2,(H,13,16)(H,17,18)/t9-/m0/s1. The molecule has 0 aliphatic rings. The second-order valence-electron chi connectivity index (χ2n) is 3.68. The average Bonchev–Trinajstić information content (AvgIpc) is 2.30. The van der Waals surface area contributed by atoms with Crippen LogP contribution in [0.3, 0.4) is 0 Å². The van der Waals surface area contributed by atoms with Crippen molar-refractivity contribution >= 4 is 18.2 Å². The van der Waals surface area contributed by atoms with E-state index in [4.69, 9.17) is 10.2 Å². The zero-order valence-corrected chi connectivity index (χ0v) is 9.42. The van der Waals surface area contributed by atoms with Crippen molar-refractivity contribution in [3.63, 3.8) is 0 Å². The van der Waals surface area contributed by atoms with Crippen molar-refractivity contribution in [2.45, 2.75) is 18.9 Å². The van der Waals surface area contributed by atoms with E-state index in [2.05, 4.69) is 5.32 Å². The van der Waals surface area contributed by atoms with Crippen LogP contribution in [0.15, 0.2) is 24.3 Å². The molecule has 0 aliphatic carbocycles. The lowest BCUT2D eigenvalue weighted by molar-refractivity contribution is -0.140. The number of aromatic hydroxyl groups is 1. The van der Waals surface area contributed by atoms with Crippen LogP contribution in [0.25, 0.3) is 0 Å². The van der Waals surface area contributed by atoms with Gasteiger partial charge in [0.1, 0.15) is 12.2 Å². The molecule has 3 N–H and O–H groups in total. The largest absolute Gasteiger partial charge is 0.508 e. The Labute approximate surface area is 103 Å². The van der Waals surface area contributed by atoms with Gasteiger partial charge in [-0.2, -0.15) is 0 Å². The van der Waals surface area contributed by atoms with E-state index in [1.807, 2.05) is 0 Å². The van der Waals surface area contributed by atoms with Gasteiger partial charge in [0, 0.05) is 6.42 Å². The third kappa shape index (κ3) is 4.65. The Morgan fingerprint density at radius 2 is 1.89 bits per heavy atom. The number of benzene rings is 1. The number of phenolic OH excluding ortho intramolecular Hbond substituents is 1. The fourth-order valence-electron chi connectivity index (χ4n) is 1.37. The summed E-state index contributed by atoms with van der Waals surface area (Å²) in [5.74, 6) is -1.91. The summed E-state index contributed by atoms with van der Waals surface area (Å²) in [6.07, 6.45) is 1.13. The Morgan fingerprint density at radius 1 is 1.28 bits per heavy atom. The molecule has 0 saturated carbocycles. The highest BCUT2D eigenvalue weighted by atomic mass is 16.4. The summed E-state index contributed by atoms with van der Waals surface area (Å²) in [7, 11) is 0. The van der Waals surface area contributed by atoms with Crippen LogP contribution in [0.2, 0.25) is 0 Å². The molecule has 1 radical (unpaired) electrons. The van der Waals surface area contributed by atoms with Crippen LogP contribution in [0.5, 0.6) is 5.75 Å². The molecule has 0 saturated heterocycles. The minimum Gasteiger partial charge on any atom is -0.508 e. The van der Waals surface area contributed by atoms with E-state index in [1.165, 1.54) is 12.1 Å². The zero-order chi connectivity index (χ0) is 13.5. The Kier molecular flexibility index (Phi) is 4.86. The average molecular weight is 250 g/mol. The highest BCUT2D eigenvalue weighted by Gasteiger charge is 2.15. The van der Waals surface area contributed by atoms with E-state index in [0.29, 0.717) is 0 Å². The molecule has 95 valence electrons. The van der Waals surface area contributed by atoms with Gasteiger partial charge in [0.25, 0.3) is 0 Å². The molecule has 1 atom stereocenters. The van der Waals surface area contributed by atoms with Crippen LogP contribution in [0, 0.1) is 0 Å². The molecule has 0 unspecified atom stereocenters. The zero-order valence-electron chi connectivity index (χ0n) is 9.42. The van der Waals surface area contributed by atoms with Gasteiger partial charge in [-0.25, -0.2) is 0 Å². The van der Waals surface area contributed by atoms with Crippen molar-refractivity contribution in [1.82, 2.24) is 5.32 Å². The minimum absolute atomic E-state index is 0.0975. The maximum absolute atomic E-state index is 11.2. The molecule has 0 bridgehead atoms. The number of carboxylic acid groups (broad SMARTS) is 1. The maximum Gasteiger partial charge on any atom is 0.312 e. The van der Waals surface area contributed by atoms with Crippen molar-refractivity contribution in [3.05, 3.63) is 29.8 Å². The lowest BCUT2D eigenvalue weighted by atomic mass is 10.1. The summed E-state index contributed by atoms with van der Waals surface area (Å²) in [6.45, 7) is 0. The summed E-state index contributed by atoms with van der Waals surface area (Å²) in [4.78, 5) is 32.1. The smallest absolute Gasteiger partial charge is 0.312 e. The Morgan fingerprint density at radius 3 is 2.39 bits per heavy atom. The molecule has 6 nitrogen and oxygen atoms in total. The molecule has 1 amide bonds. The quantitative estimate of drug-likeness (QED) is 0.617. The van der Waals surface area contributed by atoms with E-state index >= 15 is 0 Å². The second-order valence-corrected chi connectivity index (χ2v) is 3.68. The molecule has 1 rings (SSSR count). The molecule has 0 aromatic heterocycles. The molecule has 0 spiro atoms. The summed E-state index contributed by atoms with van der Waals surface area (Å²) in [5.41, 5.74) is 0.719. The number of hydrogen-bond acceptors (Lipinski definition) is 4. The van der Waals surface area contributed by atoms with Crippen molar-refractivity contribution < 1.29 is 24.6 Å². The number of nitrogens with one attached hydrogen (secondary N) is 1. The molecule has 18 heavy (non-hydrogen) atoms. The van der Waals surface area contributed by atoms with E-state index in [0.717, 1.165) is 5.56 Å². The van der Waals surface area contributed by atoms with Crippen molar-refractivity contribution in [1.29, 1.82) is 0 Å². The van der Waals surface area contributed by atoms with Crippen LogP contribution in [0.4, 0.5) is 0 Å². The number of hydrogen-bond donors (Lipinski definition) is 3. The SMILES string of the molecule is O=[C][C@H](Cc1ccc(O)cc1)NC(=O)CC(=O)O. The fraction of sp³-hybridized carbons (Fsp3) is 0.250. The maximum atomic E-state index is 11.2. The molecule has 1 aromatic carbocycles. The predicted octanol–water partition coefficient (Wildman–Crippen LogP) is 0.00390. The molecule has 6 heteroatoms. The highest BCUT2D eigenvalue weighted by molar-refractivity contribution is 5.94. The number of carbonyl (C=O) groups is 2. The topological polar surface area (TPSA) is 104 Å². The third-order valence-corrected chi connectivity index (χ3v) is 2.17. The van der Waals surface area contributed by atoms with E-state index in [-0.39, 0.29) is 12.2 Å². The van der Waals surface area contributed by atoms with Crippen LogP contribution < -0.4 is 5.32 Å². The first kappa shape index (κ1) is 13.7. The molecule has 1 aromatic rings. The van der Waals surface area contributed by atoms with Crippen LogP contribution in [-0.2, 0) is 20.8 Å².